The number of anilines is 1. The summed E-state index contributed by atoms with van der Waals surface area (Å²) in [6.07, 6.45) is -0.354. The van der Waals surface area contributed by atoms with Crippen molar-refractivity contribution in [2.75, 3.05) is 31.1 Å². The van der Waals surface area contributed by atoms with Crippen LogP contribution in [0.3, 0.4) is 0 Å². The second-order valence-corrected chi connectivity index (χ2v) is 7.55. The number of carbonyl (C=O) groups excluding carboxylic acids is 1. The third-order valence-electron chi connectivity index (χ3n) is 4.34. The maximum atomic E-state index is 12.3. The standard InChI is InChI=1S/C18H24N6O4/c1-6-7-24-12-13(21(5)16(26)20-14(12)25)19-15(24)22-8-10-23(11-9-22)17(27)28-18(2,3)4/h8-11H2,1-5H3,(H,20,25,26). The summed E-state index contributed by atoms with van der Waals surface area (Å²) in [5.41, 5.74) is -1.13. The van der Waals surface area contributed by atoms with Crippen molar-refractivity contribution < 1.29 is 9.53 Å². The maximum Gasteiger partial charge on any atom is 0.410 e. The zero-order valence-corrected chi connectivity index (χ0v) is 16.7. The molecule has 0 radical (unpaired) electrons. The fourth-order valence-corrected chi connectivity index (χ4v) is 3.02. The molecule has 0 unspecified atom stereocenters. The number of amides is 1. The van der Waals surface area contributed by atoms with Gasteiger partial charge >= 0.3 is 11.8 Å². The van der Waals surface area contributed by atoms with Gasteiger partial charge in [-0.05, 0) is 27.7 Å². The Kier molecular flexibility index (Phi) is 4.93. The van der Waals surface area contributed by atoms with Crippen LogP contribution in [0.2, 0.25) is 0 Å². The van der Waals surface area contributed by atoms with E-state index < -0.39 is 16.9 Å². The van der Waals surface area contributed by atoms with Crippen molar-refractivity contribution in [3.63, 3.8) is 0 Å². The van der Waals surface area contributed by atoms with Gasteiger partial charge < -0.3 is 14.5 Å². The van der Waals surface area contributed by atoms with Crippen molar-refractivity contribution in [1.82, 2.24) is 24.0 Å². The predicted octanol–water partition coefficient (Wildman–Crippen LogP) is 0.309. The number of aromatic amines is 1. The van der Waals surface area contributed by atoms with Crippen LogP contribution in [0.5, 0.6) is 0 Å². The highest BCUT2D eigenvalue weighted by molar-refractivity contribution is 5.76. The molecule has 10 nitrogen and oxygen atoms in total. The summed E-state index contributed by atoms with van der Waals surface area (Å²) in [7, 11) is 1.54. The predicted molar refractivity (Wildman–Crippen MR) is 104 cm³/mol. The second kappa shape index (κ2) is 7.07. The van der Waals surface area contributed by atoms with Crippen molar-refractivity contribution >= 4 is 23.2 Å². The lowest BCUT2D eigenvalue weighted by Gasteiger charge is -2.35. The van der Waals surface area contributed by atoms with E-state index in [2.05, 4.69) is 21.9 Å². The number of nitrogens with one attached hydrogen (secondary N) is 1. The van der Waals surface area contributed by atoms with Crippen LogP contribution < -0.4 is 16.1 Å². The number of nitrogens with zero attached hydrogens (tertiary/aromatic N) is 5. The molecular weight excluding hydrogens is 364 g/mol. The average molecular weight is 388 g/mol. The van der Waals surface area contributed by atoms with Gasteiger partial charge in [0.25, 0.3) is 5.56 Å². The molecule has 150 valence electrons. The molecule has 1 amide bonds. The van der Waals surface area contributed by atoms with E-state index in [1.165, 1.54) is 9.13 Å². The number of fused-ring (bicyclic) bond motifs is 1. The van der Waals surface area contributed by atoms with Crippen LogP contribution in [-0.4, -0.2) is 61.9 Å². The molecule has 2 aromatic rings. The smallest absolute Gasteiger partial charge is 0.410 e. The van der Waals surface area contributed by atoms with Gasteiger partial charge in [0.2, 0.25) is 5.95 Å². The van der Waals surface area contributed by atoms with Crippen molar-refractivity contribution in [3.05, 3.63) is 20.8 Å². The first-order valence-corrected chi connectivity index (χ1v) is 9.00. The molecule has 1 N–H and O–H groups in total. The number of rotatable bonds is 1. The zero-order chi connectivity index (χ0) is 20.6. The number of carbonyl (C=O) groups is 1. The number of H-pyrrole nitrogens is 1. The summed E-state index contributed by atoms with van der Waals surface area (Å²) in [5.74, 6) is 3.25. The monoisotopic (exact) mass is 388 g/mol. The third kappa shape index (κ3) is 3.60. The molecule has 0 spiro atoms. The van der Waals surface area contributed by atoms with Crippen LogP contribution in [0.1, 0.15) is 27.7 Å². The summed E-state index contributed by atoms with van der Waals surface area (Å²) >= 11 is 0. The summed E-state index contributed by atoms with van der Waals surface area (Å²) in [6.45, 7) is 9.05. The quantitative estimate of drug-likeness (QED) is 0.705. The molecule has 2 aromatic heterocycles. The highest BCUT2D eigenvalue weighted by Crippen LogP contribution is 2.20. The fraction of sp³-hybridized carbons (Fsp3) is 0.556. The van der Waals surface area contributed by atoms with E-state index in [-0.39, 0.29) is 17.3 Å². The SMILES string of the molecule is CC#Cn1c(N2CCN(C(=O)OC(C)(C)C)CC2)nc2c1c(=O)[nH]c(=O)n2C. The number of imidazole rings is 1. The Morgan fingerprint density at radius 3 is 2.39 bits per heavy atom. The van der Waals surface area contributed by atoms with E-state index in [0.717, 1.165) is 0 Å². The first kappa shape index (κ1) is 19.5. The van der Waals surface area contributed by atoms with Crippen LogP contribution in [0, 0.1) is 12.0 Å². The molecule has 1 fully saturated rings. The Morgan fingerprint density at radius 2 is 1.82 bits per heavy atom. The van der Waals surface area contributed by atoms with Gasteiger partial charge in [-0.3, -0.25) is 14.3 Å². The Bertz CT molecular complexity index is 1080. The number of ether oxygens (including phenoxy) is 1. The second-order valence-electron chi connectivity index (χ2n) is 7.55. The molecule has 1 saturated heterocycles. The first-order valence-electron chi connectivity index (χ1n) is 9.00. The van der Waals surface area contributed by atoms with Gasteiger partial charge in [0, 0.05) is 39.3 Å². The van der Waals surface area contributed by atoms with Crippen molar-refractivity contribution in [2.45, 2.75) is 33.3 Å². The third-order valence-corrected chi connectivity index (χ3v) is 4.34. The van der Waals surface area contributed by atoms with Crippen LogP contribution >= 0.6 is 0 Å². The van der Waals surface area contributed by atoms with E-state index >= 15 is 0 Å². The van der Waals surface area contributed by atoms with Gasteiger partial charge in [-0.15, -0.1) is 0 Å². The lowest BCUT2D eigenvalue weighted by atomic mass is 10.2. The van der Waals surface area contributed by atoms with E-state index in [4.69, 9.17) is 4.74 Å². The minimum atomic E-state index is -0.551. The van der Waals surface area contributed by atoms with Gasteiger partial charge in [0.15, 0.2) is 11.2 Å². The van der Waals surface area contributed by atoms with E-state index in [9.17, 15) is 14.4 Å². The summed E-state index contributed by atoms with van der Waals surface area (Å²) in [4.78, 5) is 46.8. The molecule has 0 atom stereocenters. The lowest BCUT2D eigenvalue weighted by molar-refractivity contribution is 0.0240. The molecule has 0 bridgehead atoms. The molecule has 0 aliphatic carbocycles. The van der Waals surface area contributed by atoms with Gasteiger partial charge in [0.05, 0.1) is 0 Å². The number of aromatic nitrogens is 4. The van der Waals surface area contributed by atoms with E-state index in [1.807, 2.05) is 25.7 Å². The van der Waals surface area contributed by atoms with Crippen molar-refractivity contribution in [3.8, 4) is 12.0 Å². The van der Waals surface area contributed by atoms with Gasteiger partial charge in [-0.2, -0.15) is 4.98 Å². The minimum absolute atomic E-state index is 0.223. The maximum absolute atomic E-state index is 12.3. The van der Waals surface area contributed by atoms with Crippen molar-refractivity contribution in [2.24, 2.45) is 7.05 Å². The minimum Gasteiger partial charge on any atom is -0.444 e. The topological polar surface area (TPSA) is 105 Å². The Hall–Kier alpha value is -3.22. The number of aryl methyl sites for hydroxylation is 1. The zero-order valence-electron chi connectivity index (χ0n) is 16.7. The van der Waals surface area contributed by atoms with E-state index in [0.29, 0.717) is 32.1 Å². The Labute approximate surface area is 161 Å². The van der Waals surface area contributed by atoms with Crippen LogP contribution in [0.4, 0.5) is 10.7 Å². The molecule has 0 saturated carbocycles. The molecule has 3 rings (SSSR count). The summed E-state index contributed by atoms with van der Waals surface area (Å²) in [6, 6.07) is 2.87. The van der Waals surface area contributed by atoms with Crippen LogP contribution in [0.15, 0.2) is 9.59 Å². The summed E-state index contributed by atoms with van der Waals surface area (Å²) < 4.78 is 8.19. The summed E-state index contributed by atoms with van der Waals surface area (Å²) in [5, 5.41) is 0. The Morgan fingerprint density at radius 1 is 1.18 bits per heavy atom. The number of hydrogen-bond donors (Lipinski definition) is 1. The fourth-order valence-electron chi connectivity index (χ4n) is 3.02. The number of hydrogen-bond acceptors (Lipinski definition) is 6. The molecule has 1 aliphatic heterocycles. The molecule has 28 heavy (non-hydrogen) atoms. The molecule has 10 heteroatoms. The molecule has 0 aromatic carbocycles. The van der Waals surface area contributed by atoms with E-state index in [1.54, 1.807) is 18.9 Å². The average Bonchev–Trinajstić information content (AvgIpc) is 2.99. The van der Waals surface area contributed by atoms with Gasteiger partial charge in [-0.25, -0.2) is 14.2 Å². The normalized spacial score (nSPS) is 14.8. The highest BCUT2D eigenvalue weighted by Gasteiger charge is 2.28. The highest BCUT2D eigenvalue weighted by atomic mass is 16.6. The van der Waals surface area contributed by atoms with Crippen molar-refractivity contribution in [1.29, 1.82) is 0 Å². The molecule has 3 heterocycles. The van der Waals surface area contributed by atoms with Gasteiger partial charge in [-0.1, -0.05) is 5.92 Å². The molecular formula is C18H24N6O4. The van der Waals surface area contributed by atoms with Crippen LogP contribution in [0.25, 0.3) is 11.2 Å². The largest absolute Gasteiger partial charge is 0.444 e. The lowest BCUT2D eigenvalue weighted by Crippen LogP contribution is -2.50. The Balaban J connectivity index is 1.92. The molecule has 1 aliphatic rings. The van der Waals surface area contributed by atoms with Crippen LogP contribution in [-0.2, 0) is 11.8 Å². The number of piperazine rings is 1. The van der Waals surface area contributed by atoms with Gasteiger partial charge in [0.1, 0.15) is 5.60 Å². The first-order chi connectivity index (χ1) is 13.1.